The molecule has 1 spiro atoms. The minimum atomic E-state index is -2.49. The third-order valence-electron chi connectivity index (χ3n) is 5.72. The monoisotopic (exact) mass is 394 g/mol. The zero-order chi connectivity index (χ0) is 19.1. The molecule has 3 aliphatic rings. The van der Waals surface area contributed by atoms with E-state index < -0.39 is 15.3 Å². The van der Waals surface area contributed by atoms with Gasteiger partial charge in [0, 0.05) is 42.9 Å². The van der Waals surface area contributed by atoms with Crippen LogP contribution in [0.15, 0.2) is 16.8 Å². The van der Waals surface area contributed by atoms with E-state index in [0.717, 1.165) is 12.8 Å². The van der Waals surface area contributed by atoms with E-state index in [1.165, 1.54) is 0 Å². The molecule has 8 nitrogen and oxygen atoms in total. The van der Waals surface area contributed by atoms with Crippen LogP contribution in [0.3, 0.4) is 0 Å². The predicted octanol–water partition coefficient (Wildman–Crippen LogP) is 1.31. The minimum absolute atomic E-state index is 0.000521. The van der Waals surface area contributed by atoms with Gasteiger partial charge in [-0.1, -0.05) is 0 Å². The van der Waals surface area contributed by atoms with E-state index in [1.807, 2.05) is 11.5 Å². The first-order chi connectivity index (χ1) is 12.9. The van der Waals surface area contributed by atoms with Crippen LogP contribution in [-0.2, 0) is 25.8 Å². The summed E-state index contributed by atoms with van der Waals surface area (Å²) in [6.07, 6.45) is 6.29. The van der Waals surface area contributed by atoms with Crippen molar-refractivity contribution in [2.45, 2.75) is 44.8 Å². The van der Waals surface area contributed by atoms with Gasteiger partial charge in [0.25, 0.3) is 11.8 Å². The van der Waals surface area contributed by atoms with Crippen molar-refractivity contribution in [2.24, 2.45) is 10.3 Å². The Morgan fingerprint density at radius 3 is 2.78 bits per heavy atom. The molecule has 0 aromatic carbocycles. The number of ether oxygens (including phenoxy) is 1. The standard InChI is InChI=1S/C18H26N4O4S/c1-2-21-8-7-19-15(21)17(24)22-9-10-26-18(13-22)5-11-27(25,12-6-18)20-16(23)14-3-4-14/h7-8,14H,2-6,9-13H2,1H3. The van der Waals surface area contributed by atoms with Crippen LogP contribution < -0.4 is 0 Å². The molecule has 0 N–H and O–H groups in total. The Kier molecular flexibility index (Phi) is 4.84. The number of aromatic nitrogens is 2. The van der Waals surface area contributed by atoms with Crippen LogP contribution in [0, 0.1) is 5.92 Å². The van der Waals surface area contributed by atoms with Gasteiger partial charge in [0.2, 0.25) is 0 Å². The van der Waals surface area contributed by atoms with Gasteiger partial charge in [-0.05, 0) is 32.6 Å². The van der Waals surface area contributed by atoms with E-state index in [0.29, 0.717) is 56.4 Å². The number of aryl methyl sites for hydroxylation is 1. The van der Waals surface area contributed by atoms with Gasteiger partial charge in [-0.2, -0.15) is 4.36 Å². The predicted molar refractivity (Wildman–Crippen MR) is 99.8 cm³/mol. The summed E-state index contributed by atoms with van der Waals surface area (Å²) in [5.41, 5.74) is -0.489. The summed E-state index contributed by atoms with van der Waals surface area (Å²) < 4.78 is 24.9. The molecule has 0 unspecified atom stereocenters. The molecule has 0 radical (unpaired) electrons. The fourth-order valence-corrected chi connectivity index (χ4v) is 6.05. The number of nitrogens with zero attached hydrogens (tertiary/aromatic N) is 4. The average molecular weight is 394 g/mol. The summed E-state index contributed by atoms with van der Waals surface area (Å²) in [7, 11) is -2.49. The van der Waals surface area contributed by atoms with Crippen LogP contribution in [0.2, 0.25) is 0 Å². The molecule has 1 aromatic rings. The quantitative estimate of drug-likeness (QED) is 0.771. The van der Waals surface area contributed by atoms with E-state index >= 15 is 0 Å². The van der Waals surface area contributed by atoms with Gasteiger partial charge in [-0.15, -0.1) is 0 Å². The third-order valence-corrected chi connectivity index (χ3v) is 7.92. The van der Waals surface area contributed by atoms with Crippen molar-refractivity contribution in [1.82, 2.24) is 14.5 Å². The van der Waals surface area contributed by atoms with E-state index in [4.69, 9.17) is 4.74 Å². The number of amides is 2. The van der Waals surface area contributed by atoms with Crippen LogP contribution in [-0.4, -0.2) is 67.3 Å². The number of imidazole rings is 1. The van der Waals surface area contributed by atoms with E-state index in [9.17, 15) is 13.8 Å². The maximum atomic E-state index is 12.9. The Hall–Kier alpha value is -1.74. The molecule has 0 bridgehead atoms. The Morgan fingerprint density at radius 2 is 2.11 bits per heavy atom. The first-order valence-corrected chi connectivity index (χ1v) is 11.5. The van der Waals surface area contributed by atoms with Gasteiger partial charge >= 0.3 is 0 Å². The maximum absolute atomic E-state index is 12.9. The Balaban J connectivity index is 1.45. The average Bonchev–Trinajstić information content (AvgIpc) is 3.42. The number of morpholine rings is 1. The smallest absolute Gasteiger partial charge is 0.290 e. The second-order valence-corrected chi connectivity index (χ2v) is 10.2. The van der Waals surface area contributed by atoms with Gasteiger partial charge in [0.1, 0.15) is 0 Å². The van der Waals surface area contributed by atoms with Gasteiger partial charge in [0.15, 0.2) is 5.82 Å². The van der Waals surface area contributed by atoms with Crippen molar-refractivity contribution >= 4 is 21.5 Å². The van der Waals surface area contributed by atoms with Crippen LogP contribution in [0.1, 0.15) is 43.2 Å². The molecule has 1 saturated carbocycles. The summed E-state index contributed by atoms with van der Waals surface area (Å²) in [6, 6.07) is 0. The lowest BCUT2D eigenvalue weighted by molar-refractivity contribution is -0.118. The van der Waals surface area contributed by atoms with Crippen molar-refractivity contribution in [1.29, 1.82) is 0 Å². The second kappa shape index (κ2) is 7.01. The molecule has 3 heterocycles. The highest BCUT2D eigenvalue weighted by Crippen LogP contribution is 2.34. The van der Waals surface area contributed by atoms with Crippen molar-refractivity contribution in [3.8, 4) is 0 Å². The zero-order valence-electron chi connectivity index (χ0n) is 15.6. The highest BCUT2D eigenvalue weighted by Gasteiger charge is 2.43. The summed E-state index contributed by atoms with van der Waals surface area (Å²) in [5, 5.41) is 0. The van der Waals surface area contributed by atoms with Gasteiger partial charge in [0.05, 0.1) is 28.5 Å². The highest BCUT2D eigenvalue weighted by atomic mass is 32.2. The molecule has 0 atom stereocenters. The van der Waals surface area contributed by atoms with Crippen LogP contribution in [0.4, 0.5) is 0 Å². The molecule has 9 heteroatoms. The van der Waals surface area contributed by atoms with Crippen LogP contribution in [0.5, 0.6) is 0 Å². The van der Waals surface area contributed by atoms with Crippen LogP contribution >= 0.6 is 0 Å². The van der Waals surface area contributed by atoms with E-state index in [-0.39, 0.29) is 17.7 Å². The summed E-state index contributed by atoms with van der Waals surface area (Å²) in [4.78, 5) is 30.8. The van der Waals surface area contributed by atoms with E-state index in [1.54, 1.807) is 17.3 Å². The lowest BCUT2D eigenvalue weighted by Gasteiger charge is -2.45. The zero-order valence-corrected chi connectivity index (χ0v) is 16.4. The second-order valence-electron chi connectivity index (χ2n) is 7.68. The van der Waals surface area contributed by atoms with Crippen molar-refractivity contribution in [2.75, 3.05) is 31.2 Å². The molecule has 3 fully saturated rings. The SMILES string of the molecule is CCn1ccnc1C(=O)N1CCOC2(CCS(=O)(=NC(=O)C3CC3)CC2)C1. The topological polar surface area (TPSA) is 93.9 Å². The number of carbonyl (C=O) groups excluding carboxylic acids is 2. The van der Waals surface area contributed by atoms with Crippen molar-refractivity contribution in [3.63, 3.8) is 0 Å². The summed E-state index contributed by atoms with van der Waals surface area (Å²) in [6.45, 7) is 4.11. The number of rotatable bonds is 3. The number of hydrogen-bond donors (Lipinski definition) is 0. The molecule has 2 aliphatic heterocycles. The molecular formula is C18H26N4O4S. The van der Waals surface area contributed by atoms with Crippen LogP contribution in [0.25, 0.3) is 0 Å². The number of hydrogen-bond acceptors (Lipinski definition) is 5. The summed E-state index contributed by atoms with van der Waals surface area (Å²) in [5.74, 6) is 0.877. The van der Waals surface area contributed by atoms with Crippen molar-refractivity contribution < 1.29 is 18.5 Å². The fraction of sp³-hybridized carbons (Fsp3) is 0.722. The summed E-state index contributed by atoms with van der Waals surface area (Å²) >= 11 is 0. The lowest BCUT2D eigenvalue weighted by atomic mass is 9.94. The van der Waals surface area contributed by atoms with E-state index in [2.05, 4.69) is 9.35 Å². The molecule has 2 saturated heterocycles. The minimum Gasteiger partial charge on any atom is -0.371 e. The van der Waals surface area contributed by atoms with Gasteiger partial charge < -0.3 is 14.2 Å². The molecule has 4 rings (SSSR count). The fourth-order valence-electron chi connectivity index (χ4n) is 3.80. The molecule has 1 aromatic heterocycles. The highest BCUT2D eigenvalue weighted by molar-refractivity contribution is 7.93. The Bertz CT molecular complexity index is 852. The largest absolute Gasteiger partial charge is 0.371 e. The Labute approximate surface area is 159 Å². The lowest BCUT2D eigenvalue weighted by Crippen LogP contribution is -2.56. The van der Waals surface area contributed by atoms with Gasteiger partial charge in [-0.3, -0.25) is 9.59 Å². The molecule has 148 valence electrons. The first kappa shape index (κ1) is 18.6. The third kappa shape index (κ3) is 3.80. The Morgan fingerprint density at radius 1 is 1.37 bits per heavy atom. The maximum Gasteiger partial charge on any atom is 0.290 e. The molecule has 27 heavy (non-hydrogen) atoms. The normalized spacial score (nSPS) is 31.1. The van der Waals surface area contributed by atoms with Gasteiger partial charge in [-0.25, -0.2) is 9.19 Å². The number of carbonyl (C=O) groups is 2. The molecular weight excluding hydrogens is 368 g/mol. The van der Waals surface area contributed by atoms with Crippen molar-refractivity contribution in [3.05, 3.63) is 18.2 Å². The molecule has 2 amide bonds. The molecule has 1 aliphatic carbocycles. The first-order valence-electron chi connectivity index (χ1n) is 9.64.